The maximum Gasteiger partial charge on any atom is 0.418 e. The Labute approximate surface area is 176 Å². The number of ether oxygens (including phenoxy) is 1. The van der Waals surface area contributed by atoms with Crippen LogP contribution in [0.2, 0.25) is 0 Å². The number of benzene rings is 1. The van der Waals surface area contributed by atoms with Gasteiger partial charge in [-0.25, -0.2) is 9.97 Å². The molecule has 0 saturated carbocycles. The second kappa shape index (κ2) is 8.44. The van der Waals surface area contributed by atoms with Crippen molar-refractivity contribution in [2.75, 3.05) is 6.61 Å². The predicted molar refractivity (Wildman–Crippen MR) is 106 cm³/mol. The number of aromatic nitrogens is 4. The molecule has 0 saturated heterocycles. The topological polar surface area (TPSA) is 87.0 Å². The van der Waals surface area contributed by atoms with Crippen LogP contribution in [0.3, 0.4) is 0 Å². The third-order valence-electron chi connectivity index (χ3n) is 4.45. The molecule has 0 N–H and O–H groups in total. The van der Waals surface area contributed by atoms with Crippen LogP contribution in [-0.2, 0) is 22.3 Å². The zero-order valence-electron chi connectivity index (χ0n) is 17.4. The average molecular weight is 434 g/mol. The van der Waals surface area contributed by atoms with Gasteiger partial charge in [-0.1, -0.05) is 13.8 Å². The zero-order chi connectivity index (χ0) is 22.9. The smallest absolute Gasteiger partial charge is 0.418 e. The van der Waals surface area contributed by atoms with E-state index >= 15 is 0 Å². The molecule has 0 spiro atoms. The van der Waals surface area contributed by atoms with Gasteiger partial charge in [-0.05, 0) is 30.5 Å². The number of nitrogens with zero attached hydrogens (tertiary/aromatic N) is 4. The SMILES string of the molecule is CC(=O)c1nn(CC(=O)OCC(C)C)c2c(C(F)(F)F)cc(-c3cnc(C)nc3)cc12. The Morgan fingerprint density at radius 3 is 2.32 bits per heavy atom. The predicted octanol–water partition coefficient (Wildman–Crippen LogP) is 4.22. The number of hydrogen-bond donors (Lipinski definition) is 0. The number of carbonyl (C=O) groups is 2. The zero-order valence-corrected chi connectivity index (χ0v) is 17.4. The van der Waals surface area contributed by atoms with Crippen LogP contribution in [0, 0.1) is 12.8 Å². The van der Waals surface area contributed by atoms with E-state index in [-0.39, 0.29) is 34.7 Å². The largest absolute Gasteiger partial charge is 0.464 e. The van der Waals surface area contributed by atoms with Gasteiger partial charge in [0, 0.05) is 30.3 Å². The summed E-state index contributed by atoms with van der Waals surface area (Å²) in [5, 5.41) is 4.01. The van der Waals surface area contributed by atoms with Crippen LogP contribution in [0.5, 0.6) is 0 Å². The summed E-state index contributed by atoms with van der Waals surface area (Å²) in [6, 6.07) is 2.37. The molecule has 2 aromatic heterocycles. The van der Waals surface area contributed by atoms with Gasteiger partial charge in [-0.3, -0.25) is 14.3 Å². The van der Waals surface area contributed by atoms with Gasteiger partial charge in [0.05, 0.1) is 17.7 Å². The van der Waals surface area contributed by atoms with Gasteiger partial charge in [-0.15, -0.1) is 0 Å². The molecular weight excluding hydrogens is 413 g/mol. The van der Waals surface area contributed by atoms with Gasteiger partial charge in [0.1, 0.15) is 18.1 Å². The Hall–Kier alpha value is -3.30. The molecule has 10 heteroatoms. The summed E-state index contributed by atoms with van der Waals surface area (Å²) < 4.78 is 47.9. The van der Waals surface area contributed by atoms with E-state index in [0.29, 0.717) is 11.4 Å². The van der Waals surface area contributed by atoms with Crippen molar-refractivity contribution < 1.29 is 27.5 Å². The average Bonchev–Trinajstić information content (AvgIpc) is 3.04. The highest BCUT2D eigenvalue weighted by atomic mass is 19.4. The summed E-state index contributed by atoms with van der Waals surface area (Å²) in [6.45, 7) is 6.11. The summed E-state index contributed by atoms with van der Waals surface area (Å²) in [6.07, 6.45) is -1.94. The monoisotopic (exact) mass is 434 g/mol. The molecule has 0 aliphatic heterocycles. The van der Waals surface area contributed by atoms with Gasteiger partial charge >= 0.3 is 12.1 Å². The number of fused-ring (bicyclic) bond motifs is 1. The van der Waals surface area contributed by atoms with E-state index < -0.39 is 30.0 Å². The van der Waals surface area contributed by atoms with Crippen molar-refractivity contribution in [3.63, 3.8) is 0 Å². The second-order valence-corrected chi connectivity index (χ2v) is 7.58. The van der Waals surface area contributed by atoms with Gasteiger partial charge in [-0.2, -0.15) is 18.3 Å². The number of Topliss-reactive ketones (excluding diaryl/α,β-unsaturated/α-hetero) is 1. The van der Waals surface area contributed by atoms with E-state index in [1.54, 1.807) is 6.92 Å². The molecule has 0 unspecified atom stereocenters. The van der Waals surface area contributed by atoms with Crippen molar-refractivity contribution in [1.29, 1.82) is 0 Å². The van der Waals surface area contributed by atoms with Gasteiger partial charge in [0.2, 0.25) is 0 Å². The fourth-order valence-electron chi connectivity index (χ4n) is 3.04. The summed E-state index contributed by atoms with van der Waals surface area (Å²) in [7, 11) is 0. The molecule has 0 atom stereocenters. The normalized spacial score (nSPS) is 11.9. The number of halogens is 3. The Morgan fingerprint density at radius 1 is 1.13 bits per heavy atom. The second-order valence-electron chi connectivity index (χ2n) is 7.58. The third-order valence-corrected chi connectivity index (χ3v) is 4.45. The standard InChI is InChI=1S/C21H21F3N4O3/c1-11(2)10-31-18(30)9-28-20-16(19(27-28)12(3)29)5-14(6-17(20)21(22,23)24)15-7-25-13(4)26-8-15/h5-8,11H,9-10H2,1-4H3. The van der Waals surface area contributed by atoms with E-state index in [4.69, 9.17) is 4.74 Å². The highest BCUT2D eigenvalue weighted by Crippen LogP contribution is 2.39. The highest BCUT2D eigenvalue weighted by molar-refractivity contribution is 6.07. The Bertz CT molecular complexity index is 1140. The molecule has 0 radical (unpaired) electrons. The maximum absolute atomic E-state index is 14.0. The van der Waals surface area contributed by atoms with Crippen LogP contribution >= 0.6 is 0 Å². The Balaban J connectivity index is 2.21. The molecule has 0 amide bonds. The first kappa shape index (κ1) is 22.4. The molecule has 3 rings (SSSR count). The third kappa shape index (κ3) is 4.89. The lowest BCUT2D eigenvalue weighted by Crippen LogP contribution is -2.18. The molecule has 164 valence electrons. The van der Waals surface area contributed by atoms with Crippen LogP contribution in [0.25, 0.3) is 22.0 Å². The molecule has 0 bridgehead atoms. The van der Waals surface area contributed by atoms with Crippen molar-refractivity contribution in [2.45, 2.75) is 40.4 Å². The molecule has 3 aromatic rings. The number of ketones is 1. The first-order valence-electron chi connectivity index (χ1n) is 9.54. The number of carbonyl (C=O) groups excluding carboxylic acids is 2. The van der Waals surface area contributed by atoms with Crippen molar-refractivity contribution in [3.8, 4) is 11.1 Å². The lowest BCUT2D eigenvalue weighted by atomic mass is 10.00. The fourth-order valence-corrected chi connectivity index (χ4v) is 3.04. The van der Waals surface area contributed by atoms with E-state index in [0.717, 1.165) is 10.7 Å². The van der Waals surface area contributed by atoms with Crippen LogP contribution in [-0.4, -0.2) is 38.1 Å². The number of esters is 1. The van der Waals surface area contributed by atoms with E-state index in [2.05, 4.69) is 15.1 Å². The summed E-state index contributed by atoms with van der Waals surface area (Å²) in [5.41, 5.74) is -0.985. The minimum atomic E-state index is -4.76. The summed E-state index contributed by atoms with van der Waals surface area (Å²) in [5.74, 6) is -0.726. The minimum Gasteiger partial charge on any atom is -0.464 e. The van der Waals surface area contributed by atoms with Gasteiger partial charge in [0.15, 0.2) is 5.78 Å². The number of aryl methyl sites for hydroxylation is 1. The first-order chi connectivity index (χ1) is 14.5. The van der Waals surface area contributed by atoms with Crippen LogP contribution < -0.4 is 0 Å². The van der Waals surface area contributed by atoms with Crippen LogP contribution in [0.1, 0.15) is 42.6 Å². The molecule has 0 aliphatic carbocycles. The van der Waals surface area contributed by atoms with Crippen LogP contribution in [0.15, 0.2) is 24.5 Å². The van der Waals surface area contributed by atoms with Crippen molar-refractivity contribution in [3.05, 3.63) is 41.6 Å². The van der Waals surface area contributed by atoms with E-state index in [1.807, 2.05) is 13.8 Å². The molecule has 1 aromatic carbocycles. The first-order valence-corrected chi connectivity index (χ1v) is 9.54. The number of alkyl halides is 3. The minimum absolute atomic E-state index is 0.00504. The summed E-state index contributed by atoms with van der Waals surface area (Å²) >= 11 is 0. The van der Waals surface area contributed by atoms with E-state index in [1.165, 1.54) is 25.4 Å². The molecule has 2 heterocycles. The molecule has 7 nitrogen and oxygen atoms in total. The maximum atomic E-state index is 14.0. The molecule has 0 fully saturated rings. The van der Waals surface area contributed by atoms with Crippen molar-refractivity contribution in [2.24, 2.45) is 5.92 Å². The highest BCUT2D eigenvalue weighted by Gasteiger charge is 2.36. The van der Waals surface area contributed by atoms with Gasteiger partial charge < -0.3 is 4.74 Å². The summed E-state index contributed by atoms with van der Waals surface area (Å²) in [4.78, 5) is 32.3. The van der Waals surface area contributed by atoms with Crippen molar-refractivity contribution in [1.82, 2.24) is 19.7 Å². The Morgan fingerprint density at radius 2 is 1.77 bits per heavy atom. The van der Waals surface area contributed by atoms with Gasteiger partial charge in [0.25, 0.3) is 0 Å². The quantitative estimate of drug-likeness (QED) is 0.426. The lowest BCUT2D eigenvalue weighted by Gasteiger charge is -2.13. The fraction of sp³-hybridized carbons (Fsp3) is 0.381. The van der Waals surface area contributed by atoms with Crippen LogP contribution in [0.4, 0.5) is 13.2 Å². The molecule has 0 aliphatic rings. The number of hydrogen-bond acceptors (Lipinski definition) is 6. The van der Waals surface area contributed by atoms with Crippen molar-refractivity contribution >= 4 is 22.7 Å². The van der Waals surface area contributed by atoms with E-state index in [9.17, 15) is 22.8 Å². The Kier molecular flexibility index (Phi) is 6.10. The lowest BCUT2D eigenvalue weighted by molar-refractivity contribution is -0.146. The number of rotatable bonds is 6. The molecule has 31 heavy (non-hydrogen) atoms. The molecular formula is C21H21F3N4O3.